The van der Waals surface area contributed by atoms with E-state index in [0.29, 0.717) is 0 Å². The van der Waals surface area contributed by atoms with Crippen LogP contribution < -0.4 is 5.32 Å². The molecule has 0 aliphatic rings. The molecule has 0 bridgehead atoms. The fraction of sp³-hybridized carbons (Fsp3) is 0.353. The molecule has 0 saturated carbocycles. The number of hydrogen-bond acceptors (Lipinski definition) is 3. The number of thiophene rings is 1. The van der Waals surface area contributed by atoms with Crippen molar-refractivity contribution in [1.29, 1.82) is 0 Å². The van der Waals surface area contributed by atoms with Crippen LogP contribution in [-0.4, -0.2) is 17.6 Å². The smallest absolute Gasteiger partial charge is 0.231 e. The maximum absolute atomic E-state index is 12.4. The number of hydrogen-bond donors (Lipinski definition) is 2. The third kappa shape index (κ3) is 3.52. The Balaban J connectivity index is 2.00. The van der Waals surface area contributed by atoms with E-state index >= 15 is 0 Å². The van der Waals surface area contributed by atoms with Crippen molar-refractivity contribution in [3.05, 3.63) is 57.8 Å². The van der Waals surface area contributed by atoms with E-state index < -0.39 is 11.5 Å². The van der Waals surface area contributed by atoms with Crippen molar-refractivity contribution >= 4 is 17.2 Å². The first-order chi connectivity index (χ1) is 9.93. The average molecular weight is 303 g/mol. The normalized spacial score (nSPS) is 13.0. The molecular formula is C17H21NO2S. The summed E-state index contributed by atoms with van der Waals surface area (Å²) in [5, 5.41) is 15.1. The van der Waals surface area contributed by atoms with Crippen LogP contribution in [0.2, 0.25) is 0 Å². The van der Waals surface area contributed by atoms with Crippen LogP contribution in [0, 0.1) is 6.92 Å². The van der Waals surface area contributed by atoms with Crippen LogP contribution in [0.15, 0.2) is 41.8 Å². The number of nitrogens with one attached hydrogen (secondary N) is 1. The fourth-order valence-electron chi connectivity index (χ4n) is 2.23. The van der Waals surface area contributed by atoms with Crippen molar-refractivity contribution in [2.45, 2.75) is 32.3 Å². The van der Waals surface area contributed by atoms with E-state index in [1.807, 2.05) is 62.5 Å². The summed E-state index contributed by atoms with van der Waals surface area (Å²) in [6, 6.07) is 11.6. The molecule has 1 heterocycles. The summed E-state index contributed by atoms with van der Waals surface area (Å²) >= 11 is 1.57. The molecule has 1 atom stereocenters. The van der Waals surface area contributed by atoms with Crippen LogP contribution in [0.3, 0.4) is 0 Å². The topological polar surface area (TPSA) is 49.3 Å². The first-order valence-corrected chi connectivity index (χ1v) is 7.86. The van der Waals surface area contributed by atoms with Gasteiger partial charge in [0.15, 0.2) is 0 Å². The number of aliphatic hydroxyl groups excluding tert-OH is 1. The van der Waals surface area contributed by atoms with Gasteiger partial charge in [0.1, 0.15) is 0 Å². The van der Waals surface area contributed by atoms with Crippen LogP contribution >= 0.6 is 11.3 Å². The van der Waals surface area contributed by atoms with Crippen LogP contribution in [-0.2, 0) is 10.2 Å². The Bertz CT molecular complexity index is 605. The largest absolute Gasteiger partial charge is 0.387 e. The zero-order valence-corrected chi connectivity index (χ0v) is 13.4. The second-order valence-corrected chi connectivity index (χ2v) is 6.63. The minimum Gasteiger partial charge on any atom is -0.387 e. The summed E-state index contributed by atoms with van der Waals surface area (Å²) in [4.78, 5) is 13.4. The van der Waals surface area contributed by atoms with Crippen LogP contribution in [0.4, 0.5) is 0 Å². The minimum atomic E-state index is -0.686. The lowest BCUT2D eigenvalue weighted by atomic mass is 9.90. The number of carbonyl (C=O) groups is 1. The van der Waals surface area contributed by atoms with E-state index in [-0.39, 0.29) is 12.5 Å². The lowest BCUT2D eigenvalue weighted by molar-refractivity contribution is -0.126. The Kier molecular flexibility index (Phi) is 4.80. The zero-order valence-electron chi connectivity index (χ0n) is 12.6. The third-order valence-electron chi connectivity index (χ3n) is 3.71. The van der Waals surface area contributed by atoms with Gasteiger partial charge < -0.3 is 10.4 Å². The zero-order chi connectivity index (χ0) is 15.5. The maximum atomic E-state index is 12.4. The summed E-state index contributed by atoms with van der Waals surface area (Å²) in [5.74, 6) is -0.0717. The summed E-state index contributed by atoms with van der Waals surface area (Å²) in [7, 11) is 0. The van der Waals surface area contributed by atoms with Gasteiger partial charge in [0.25, 0.3) is 0 Å². The summed E-state index contributed by atoms with van der Waals surface area (Å²) in [5.41, 5.74) is 1.29. The molecule has 1 aromatic heterocycles. The lowest BCUT2D eigenvalue weighted by Crippen LogP contribution is -2.41. The molecule has 0 aliphatic heterocycles. The van der Waals surface area contributed by atoms with E-state index in [0.717, 1.165) is 16.0 Å². The molecule has 21 heavy (non-hydrogen) atoms. The summed E-state index contributed by atoms with van der Waals surface area (Å²) in [6.45, 7) is 5.97. The predicted octanol–water partition coefficient (Wildman–Crippen LogP) is 3.18. The SMILES string of the molecule is Cc1ccccc1[C@H](O)CNC(=O)C(C)(C)c1cccs1. The molecule has 1 aromatic carbocycles. The van der Waals surface area contributed by atoms with Crippen molar-refractivity contribution in [1.82, 2.24) is 5.32 Å². The summed E-state index contributed by atoms with van der Waals surface area (Å²) < 4.78 is 0. The Morgan fingerprint density at radius 2 is 2.00 bits per heavy atom. The Morgan fingerprint density at radius 3 is 2.62 bits per heavy atom. The maximum Gasteiger partial charge on any atom is 0.231 e. The van der Waals surface area contributed by atoms with Gasteiger partial charge >= 0.3 is 0 Å². The molecule has 3 nitrogen and oxygen atoms in total. The van der Waals surface area contributed by atoms with Gasteiger partial charge in [0.2, 0.25) is 5.91 Å². The highest BCUT2D eigenvalue weighted by Gasteiger charge is 2.30. The molecule has 1 amide bonds. The number of aliphatic hydroxyl groups is 1. The molecule has 0 unspecified atom stereocenters. The van der Waals surface area contributed by atoms with E-state index in [4.69, 9.17) is 0 Å². The van der Waals surface area contributed by atoms with Crippen molar-refractivity contribution in [2.24, 2.45) is 0 Å². The number of carbonyl (C=O) groups excluding carboxylic acids is 1. The molecule has 2 rings (SSSR count). The van der Waals surface area contributed by atoms with Gasteiger partial charge in [0.05, 0.1) is 11.5 Å². The van der Waals surface area contributed by atoms with Crippen LogP contribution in [0.5, 0.6) is 0 Å². The fourth-order valence-corrected chi connectivity index (χ4v) is 3.08. The Morgan fingerprint density at radius 1 is 1.29 bits per heavy atom. The number of benzene rings is 1. The van der Waals surface area contributed by atoms with E-state index in [1.54, 1.807) is 11.3 Å². The van der Waals surface area contributed by atoms with E-state index in [1.165, 1.54) is 0 Å². The highest BCUT2D eigenvalue weighted by atomic mass is 32.1. The molecule has 0 fully saturated rings. The van der Waals surface area contributed by atoms with E-state index in [2.05, 4.69) is 5.32 Å². The number of rotatable bonds is 5. The first-order valence-electron chi connectivity index (χ1n) is 6.99. The summed E-state index contributed by atoms with van der Waals surface area (Å²) in [6.07, 6.45) is -0.686. The highest BCUT2D eigenvalue weighted by molar-refractivity contribution is 7.10. The number of amides is 1. The molecule has 0 aliphatic carbocycles. The standard InChI is InChI=1S/C17H21NO2S/c1-12-7-4-5-8-13(12)14(19)11-18-16(20)17(2,3)15-9-6-10-21-15/h4-10,14,19H,11H2,1-3H3,(H,18,20)/t14-/m1/s1. The molecule has 4 heteroatoms. The molecule has 0 saturated heterocycles. The molecule has 2 N–H and O–H groups in total. The van der Waals surface area contributed by atoms with Gasteiger partial charge in [-0.15, -0.1) is 11.3 Å². The van der Waals surface area contributed by atoms with Gasteiger partial charge in [0, 0.05) is 11.4 Å². The quantitative estimate of drug-likeness (QED) is 0.891. The third-order valence-corrected chi connectivity index (χ3v) is 4.90. The van der Waals surface area contributed by atoms with Gasteiger partial charge in [-0.05, 0) is 43.3 Å². The monoisotopic (exact) mass is 303 g/mol. The first kappa shape index (κ1) is 15.7. The van der Waals surface area contributed by atoms with Crippen LogP contribution in [0.25, 0.3) is 0 Å². The van der Waals surface area contributed by atoms with Crippen molar-refractivity contribution < 1.29 is 9.90 Å². The Labute approximate surface area is 129 Å². The predicted molar refractivity (Wildman–Crippen MR) is 86.5 cm³/mol. The van der Waals surface area contributed by atoms with Crippen molar-refractivity contribution in [2.75, 3.05) is 6.54 Å². The number of aryl methyl sites for hydroxylation is 1. The average Bonchev–Trinajstić information content (AvgIpc) is 2.99. The molecule has 112 valence electrons. The van der Waals surface area contributed by atoms with E-state index in [9.17, 15) is 9.90 Å². The van der Waals surface area contributed by atoms with Crippen molar-refractivity contribution in [3.8, 4) is 0 Å². The minimum absolute atomic E-state index is 0.0717. The van der Waals surface area contributed by atoms with Gasteiger partial charge in [-0.3, -0.25) is 4.79 Å². The molecular weight excluding hydrogens is 282 g/mol. The molecule has 2 aromatic rings. The molecule has 0 radical (unpaired) electrons. The van der Waals surface area contributed by atoms with Gasteiger partial charge in [-0.25, -0.2) is 0 Å². The van der Waals surface area contributed by atoms with Gasteiger partial charge in [-0.2, -0.15) is 0 Å². The van der Waals surface area contributed by atoms with Crippen LogP contribution in [0.1, 0.15) is 36.0 Å². The molecule has 0 spiro atoms. The van der Waals surface area contributed by atoms with Crippen molar-refractivity contribution in [3.63, 3.8) is 0 Å². The Hall–Kier alpha value is -1.65. The second-order valence-electron chi connectivity index (χ2n) is 5.68. The van der Waals surface area contributed by atoms with Gasteiger partial charge in [-0.1, -0.05) is 30.3 Å². The lowest BCUT2D eigenvalue weighted by Gasteiger charge is -2.23. The second kappa shape index (κ2) is 6.41. The highest BCUT2D eigenvalue weighted by Crippen LogP contribution is 2.27.